The van der Waals surface area contributed by atoms with E-state index in [0.29, 0.717) is 5.69 Å². The lowest BCUT2D eigenvalue weighted by molar-refractivity contribution is 0.0596. The standard InChI is InChI=1S/C17H28N4O/c1-14-12-16(19(2)18-14)17(22)21-10-8-20(9-11-21)13-15-6-4-3-5-7-15/h12,15H,3-11,13H2,1-2H3. The average molecular weight is 304 g/mol. The topological polar surface area (TPSA) is 41.4 Å². The first kappa shape index (κ1) is 15.5. The maximum absolute atomic E-state index is 12.6. The minimum atomic E-state index is 0.125. The van der Waals surface area contributed by atoms with Crippen LogP contribution < -0.4 is 0 Å². The largest absolute Gasteiger partial charge is 0.335 e. The summed E-state index contributed by atoms with van der Waals surface area (Å²) >= 11 is 0. The Kier molecular flexibility index (Phi) is 4.81. The fourth-order valence-corrected chi connectivity index (χ4v) is 3.84. The van der Waals surface area contributed by atoms with Gasteiger partial charge in [-0.25, -0.2) is 0 Å². The van der Waals surface area contributed by atoms with Crippen molar-refractivity contribution < 1.29 is 4.79 Å². The van der Waals surface area contributed by atoms with Crippen LogP contribution >= 0.6 is 0 Å². The Hall–Kier alpha value is -1.36. The first-order chi connectivity index (χ1) is 10.6. The van der Waals surface area contributed by atoms with Crippen LogP contribution in [0.4, 0.5) is 0 Å². The molecule has 1 aliphatic heterocycles. The monoisotopic (exact) mass is 304 g/mol. The van der Waals surface area contributed by atoms with E-state index in [2.05, 4.69) is 10.00 Å². The van der Waals surface area contributed by atoms with Gasteiger partial charge in [-0.1, -0.05) is 19.3 Å². The Morgan fingerprint density at radius 1 is 1.18 bits per heavy atom. The summed E-state index contributed by atoms with van der Waals surface area (Å²) in [6.07, 6.45) is 7.02. The number of hydrogen-bond donors (Lipinski definition) is 0. The molecule has 2 fully saturated rings. The van der Waals surface area contributed by atoms with Crippen molar-refractivity contribution in [3.8, 4) is 0 Å². The van der Waals surface area contributed by atoms with Gasteiger partial charge >= 0.3 is 0 Å². The molecule has 1 aromatic rings. The summed E-state index contributed by atoms with van der Waals surface area (Å²) in [5.74, 6) is 1.01. The van der Waals surface area contributed by atoms with Crippen molar-refractivity contribution in [2.24, 2.45) is 13.0 Å². The van der Waals surface area contributed by atoms with E-state index in [1.54, 1.807) is 4.68 Å². The summed E-state index contributed by atoms with van der Waals surface area (Å²) in [5, 5.41) is 4.28. The fourth-order valence-electron chi connectivity index (χ4n) is 3.84. The quantitative estimate of drug-likeness (QED) is 0.858. The molecule has 1 saturated carbocycles. The molecule has 3 rings (SSSR count). The lowest BCUT2D eigenvalue weighted by Gasteiger charge is -2.37. The van der Waals surface area contributed by atoms with E-state index in [0.717, 1.165) is 37.8 Å². The summed E-state index contributed by atoms with van der Waals surface area (Å²) in [7, 11) is 1.85. The molecule has 5 nitrogen and oxygen atoms in total. The van der Waals surface area contributed by atoms with E-state index >= 15 is 0 Å². The number of carbonyl (C=O) groups is 1. The van der Waals surface area contributed by atoms with E-state index in [-0.39, 0.29) is 5.91 Å². The number of carbonyl (C=O) groups excluding carboxylic acids is 1. The molecule has 2 aliphatic rings. The molecule has 0 bridgehead atoms. The van der Waals surface area contributed by atoms with Crippen molar-refractivity contribution in [1.29, 1.82) is 0 Å². The molecule has 22 heavy (non-hydrogen) atoms. The van der Waals surface area contributed by atoms with E-state index in [9.17, 15) is 4.79 Å². The van der Waals surface area contributed by atoms with Gasteiger partial charge in [0, 0.05) is 39.8 Å². The van der Waals surface area contributed by atoms with Gasteiger partial charge in [-0.3, -0.25) is 14.4 Å². The molecule has 5 heteroatoms. The molecule has 2 heterocycles. The van der Waals surface area contributed by atoms with Crippen LogP contribution in [0.25, 0.3) is 0 Å². The average Bonchev–Trinajstić information content (AvgIpc) is 2.87. The third kappa shape index (κ3) is 3.51. The zero-order valence-corrected chi connectivity index (χ0v) is 13.9. The molecule has 1 saturated heterocycles. The van der Waals surface area contributed by atoms with E-state index in [4.69, 9.17) is 0 Å². The minimum absolute atomic E-state index is 0.125. The third-order valence-electron chi connectivity index (χ3n) is 5.12. The molecule has 0 atom stereocenters. The number of rotatable bonds is 3. The highest BCUT2D eigenvalue weighted by Gasteiger charge is 2.26. The normalized spacial score (nSPS) is 21.3. The van der Waals surface area contributed by atoms with Crippen LogP contribution in [-0.4, -0.2) is 58.2 Å². The Balaban J connectivity index is 1.50. The van der Waals surface area contributed by atoms with Gasteiger partial charge in [0.25, 0.3) is 5.91 Å². The molecule has 1 aliphatic carbocycles. The van der Waals surface area contributed by atoms with Crippen LogP contribution in [-0.2, 0) is 7.05 Å². The van der Waals surface area contributed by atoms with Crippen molar-refractivity contribution in [2.45, 2.75) is 39.0 Å². The Morgan fingerprint density at radius 2 is 1.86 bits per heavy atom. The lowest BCUT2D eigenvalue weighted by Crippen LogP contribution is -2.50. The van der Waals surface area contributed by atoms with Crippen molar-refractivity contribution >= 4 is 5.91 Å². The first-order valence-electron chi connectivity index (χ1n) is 8.66. The maximum atomic E-state index is 12.6. The van der Waals surface area contributed by atoms with E-state index in [1.807, 2.05) is 24.9 Å². The number of piperazine rings is 1. The molecule has 0 aromatic carbocycles. The highest BCUT2D eigenvalue weighted by Crippen LogP contribution is 2.24. The summed E-state index contributed by atoms with van der Waals surface area (Å²) in [6, 6.07) is 1.89. The summed E-state index contributed by atoms with van der Waals surface area (Å²) < 4.78 is 1.70. The maximum Gasteiger partial charge on any atom is 0.272 e. The SMILES string of the molecule is Cc1cc(C(=O)N2CCN(CC3CCCCC3)CC2)n(C)n1. The summed E-state index contributed by atoms with van der Waals surface area (Å²) in [5.41, 5.74) is 1.61. The summed E-state index contributed by atoms with van der Waals surface area (Å²) in [6.45, 7) is 6.87. The highest BCUT2D eigenvalue weighted by atomic mass is 16.2. The van der Waals surface area contributed by atoms with Gasteiger partial charge in [0.2, 0.25) is 0 Å². The van der Waals surface area contributed by atoms with Gasteiger partial charge in [0.05, 0.1) is 5.69 Å². The van der Waals surface area contributed by atoms with Crippen molar-refractivity contribution in [2.75, 3.05) is 32.7 Å². The van der Waals surface area contributed by atoms with Crippen LogP contribution in [0, 0.1) is 12.8 Å². The second-order valence-electron chi connectivity index (χ2n) is 6.89. The van der Waals surface area contributed by atoms with E-state index < -0.39 is 0 Å². The molecular weight excluding hydrogens is 276 g/mol. The molecule has 1 aromatic heterocycles. The minimum Gasteiger partial charge on any atom is -0.335 e. The first-order valence-corrected chi connectivity index (χ1v) is 8.66. The van der Waals surface area contributed by atoms with Gasteiger partial charge in [-0.2, -0.15) is 5.10 Å². The fraction of sp³-hybridized carbons (Fsp3) is 0.765. The van der Waals surface area contributed by atoms with Gasteiger partial charge in [0.1, 0.15) is 5.69 Å². The number of hydrogen-bond acceptors (Lipinski definition) is 3. The zero-order valence-electron chi connectivity index (χ0n) is 13.9. The molecular formula is C17H28N4O. The highest BCUT2D eigenvalue weighted by molar-refractivity contribution is 5.92. The van der Waals surface area contributed by atoms with Crippen LogP contribution in [0.3, 0.4) is 0 Å². The smallest absolute Gasteiger partial charge is 0.272 e. The number of amides is 1. The second-order valence-corrected chi connectivity index (χ2v) is 6.89. The third-order valence-corrected chi connectivity index (χ3v) is 5.12. The molecule has 0 spiro atoms. The summed E-state index contributed by atoms with van der Waals surface area (Å²) in [4.78, 5) is 17.1. The van der Waals surface area contributed by atoms with Crippen molar-refractivity contribution in [3.63, 3.8) is 0 Å². The lowest BCUT2D eigenvalue weighted by atomic mass is 9.89. The Morgan fingerprint density at radius 3 is 2.45 bits per heavy atom. The molecule has 0 unspecified atom stereocenters. The van der Waals surface area contributed by atoms with Gasteiger partial charge in [0.15, 0.2) is 0 Å². The van der Waals surface area contributed by atoms with Gasteiger partial charge in [-0.05, 0) is 31.7 Å². The van der Waals surface area contributed by atoms with Gasteiger partial charge < -0.3 is 4.90 Å². The van der Waals surface area contributed by atoms with Gasteiger partial charge in [-0.15, -0.1) is 0 Å². The molecule has 0 radical (unpaired) electrons. The Bertz CT molecular complexity index is 511. The number of aromatic nitrogens is 2. The van der Waals surface area contributed by atoms with Crippen LogP contribution in [0.1, 0.15) is 48.3 Å². The zero-order chi connectivity index (χ0) is 15.5. The second kappa shape index (κ2) is 6.82. The predicted molar refractivity (Wildman–Crippen MR) is 86.9 cm³/mol. The van der Waals surface area contributed by atoms with Crippen LogP contribution in [0.2, 0.25) is 0 Å². The number of aryl methyl sites for hydroxylation is 2. The molecule has 1 amide bonds. The molecule has 0 N–H and O–H groups in total. The Labute approximate surface area is 133 Å². The van der Waals surface area contributed by atoms with Crippen LogP contribution in [0.5, 0.6) is 0 Å². The predicted octanol–water partition coefficient (Wildman–Crippen LogP) is 2.07. The van der Waals surface area contributed by atoms with Crippen LogP contribution in [0.15, 0.2) is 6.07 Å². The molecule has 122 valence electrons. The van der Waals surface area contributed by atoms with E-state index in [1.165, 1.54) is 38.6 Å². The van der Waals surface area contributed by atoms with Crippen molar-refractivity contribution in [1.82, 2.24) is 19.6 Å². The number of nitrogens with zero attached hydrogens (tertiary/aromatic N) is 4. The van der Waals surface area contributed by atoms with Crippen molar-refractivity contribution in [3.05, 3.63) is 17.5 Å².